The number of pyridine rings is 1. The summed E-state index contributed by atoms with van der Waals surface area (Å²) in [4.78, 5) is 46.8. The number of fused-ring (bicyclic) bond motifs is 2. The number of aromatic nitrogens is 1. The second kappa shape index (κ2) is 18.1. The highest BCUT2D eigenvalue weighted by molar-refractivity contribution is 6.42. The van der Waals surface area contributed by atoms with Crippen molar-refractivity contribution in [3.05, 3.63) is 176 Å². The summed E-state index contributed by atoms with van der Waals surface area (Å²) in [6.07, 6.45) is 1.67. The second-order valence-corrected chi connectivity index (χ2v) is 16.2. The molecule has 2 N–H and O–H groups in total. The van der Waals surface area contributed by atoms with Crippen molar-refractivity contribution in [1.29, 1.82) is 0 Å². The minimum atomic E-state index is -1.23. The van der Waals surface area contributed by atoms with Crippen LogP contribution in [0, 0.1) is 13.8 Å². The number of carboxylic acid groups (broad SMARTS) is 1. The molecular weight excluding hydrogens is 813 g/mol. The molecule has 3 heterocycles. The summed E-state index contributed by atoms with van der Waals surface area (Å²) in [5.74, 6) is -0.233. The molecule has 12 heteroatoms. The van der Waals surface area contributed by atoms with Gasteiger partial charge >= 0.3 is 5.97 Å². The van der Waals surface area contributed by atoms with Gasteiger partial charge in [0.1, 0.15) is 31.0 Å². The third kappa shape index (κ3) is 9.51. The number of benzene rings is 5. The van der Waals surface area contributed by atoms with Gasteiger partial charge in [-0.05, 0) is 106 Å². The van der Waals surface area contributed by atoms with E-state index in [0.717, 1.165) is 55.8 Å². The first-order valence-electron chi connectivity index (χ1n) is 20.0. The Morgan fingerprint density at radius 2 is 1.59 bits per heavy atom. The highest BCUT2D eigenvalue weighted by Gasteiger charge is 2.38. The number of hydrogen-bond acceptors (Lipinski definition) is 7. The number of hydrogen-bond donors (Lipinski definition) is 2. The molecule has 0 bridgehead atoms. The number of carboxylic acids is 1. The number of carbonyl (C=O) groups is 3. The summed E-state index contributed by atoms with van der Waals surface area (Å²) < 4.78 is 18.7. The van der Waals surface area contributed by atoms with Crippen LogP contribution in [-0.4, -0.2) is 51.5 Å². The zero-order chi connectivity index (χ0) is 42.6. The molecule has 0 saturated heterocycles. The van der Waals surface area contributed by atoms with E-state index in [4.69, 9.17) is 37.4 Å². The maximum atomic E-state index is 14.2. The molecule has 0 radical (unpaired) electrons. The van der Waals surface area contributed by atoms with Crippen molar-refractivity contribution in [2.45, 2.75) is 64.4 Å². The van der Waals surface area contributed by atoms with E-state index in [0.29, 0.717) is 33.9 Å². The predicted octanol–water partition coefficient (Wildman–Crippen LogP) is 9.07. The average molecular weight is 857 g/mol. The van der Waals surface area contributed by atoms with Crippen LogP contribution < -0.4 is 19.5 Å². The van der Waals surface area contributed by atoms with Gasteiger partial charge < -0.3 is 29.5 Å². The number of aryl methyl sites for hydroxylation is 1. The molecule has 61 heavy (non-hydrogen) atoms. The number of nitrogens with zero attached hydrogens (tertiary/aromatic N) is 2. The van der Waals surface area contributed by atoms with Crippen LogP contribution in [0.25, 0.3) is 11.1 Å². The fourth-order valence-electron chi connectivity index (χ4n) is 7.74. The first kappa shape index (κ1) is 41.4. The summed E-state index contributed by atoms with van der Waals surface area (Å²) in [5, 5.41) is 14.0. The molecule has 5 aromatic carbocycles. The first-order chi connectivity index (χ1) is 29.5. The molecule has 310 valence electrons. The molecule has 2 aliphatic heterocycles. The second-order valence-electron chi connectivity index (χ2n) is 15.4. The van der Waals surface area contributed by atoms with Gasteiger partial charge in [0, 0.05) is 31.3 Å². The molecule has 0 unspecified atom stereocenters. The topological polar surface area (TPSA) is 127 Å². The first-order valence-corrected chi connectivity index (χ1v) is 20.7. The van der Waals surface area contributed by atoms with Crippen LogP contribution in [0.5, 0.6) is 17.2 Å². The van der Waals surface area contributed by atoms with Gasteiger partial charge in [-0.3, -0.25) is 14.6 Å². The monoisotopic (exact) mass is 855 g/mol. The lowest BCUT2D eigenvalue weighted by Crippen LogP contribution is -2.56. The van der Waals surface area contributed by atoms with Gasteiger partial charge in [-0.1, -0.05) is 96.0 Å². The van der Waals surface area contributed by atoms with Gasteiger partial charge in [-0.2, -0.15) is 0 Å². The van der Waals surface area contributed by atoms with Gasteiger partial charge in [0.15, 0.2) is 17.6 Å². The van der Waals surface area contributed by atoms with Crippen molar-refractivity contribution in [1.82, 2.24) is 15.2 Å². The highest BCUT2D eigenvalue weighted by Crippen LogP contribution is 2.41. The van der Waals surface area contributed by atoms with E-state index in [9.17, 15) is 19.5 Å². The average Bonchev–Trinajstić information content (AvgIpc) is 3.27. The number of halogens is 2. The lowest BCUT2D eigenvalue weighted by Gasteiger charge is -2.38. The SMILES string of the molecule is Cc1nccc(-c2ccc(C[C@H](NC(=O)[C@@H]3Cc4cc5c(cc4CN3C(=O)Cc3ccccc3)O[C@@H](c3ccc(OCc4ccc(Cl)c(Cl)c4)cc3)CO5)C(=O)O)cc2)c1C. The third-order valence-electron chi connectivity index (χ3n) is 11.3. The summed E-state index contributed by atoms with van der Waals surface area (Å²) in [6, 6.07) is 33.5. The van der Waals surface area contributed by atoms with E-state index in [1.807, 2.05) is 117 Å². The van der Waals surface area contributed by atoms with Gasteiger partial charge in [0.2, 0.25) is 11.8 Å². The number of nitrogens with one attached hydrogen (secondary N) is 1. The Kier molecular flexibility index (Phi) is 12.3. The number of amides is 2. The quantitative estimate of drug-likeness (QED) is 0.125. The molecule has 3 atom stereocenters. The Morgan fingerprint density at radius 1 is 0.852 bits per heavy atom. The zero-order valence-corrected chi connectivity index (χ0v) is 35.1. The van der Waals surface area contributed by atoms with Crippen molar-refractivity contribution < 1.29 is 33.7 Å². The van der Waals surface area contributed by atoms with E-state index in [1.54, 1.807) is 23.2 Å². The minimum Gasteiger partial charge on any atom is -0.489 e. The fraction of sp³-hybridized carbons (Fsp3) is 0.224. The van der Waals surface area contributed by atoms with Crippen LogP contribution in [0.3, 0.4) is 0 Å². The van der Waals surface area contributed by atoms with Crippen LogP contribution in [0.4, 0.5) is 0 Å². The van der Waals surface area contributed by atoms with Gasteiger partial charge in [-0.25, -0.2) is 4.79 Å². The minimum absolute atomic E-state index is 0.0608. The van der Waals surface area contributed by atoms with Crippen LogP contribution in [0.15, 0.2) is 121 Å². The Labute approximate surface area is 364 Å². The van der Waals surface area contributed by atoms with Gasteiger partial charge in [-0.15, -0.1) is 0 Å². The lowest BCUT2D eigenvalue weighted by atomic mass is 9.91. The normalized spacial score (nSPS) is 16.0. The number of aliphatic carboxylic acids is 1. The van der Waals surface area contributed by atoms with Crippen molar-refractivity contribution in [2.75, 3.05) is 6.61 Å². The number of ether oxygens (including phenoxy) is 3. The van der Waals surface area contributed by atoms with Crippen molar-refractivity contribution >= 4 is 41.0 Å². The molecule has 2 aliphatic rings. The van der Waals surface area contributed by atoms with Crippen LogP contribution >= 0.6 is 23.2 Å². The van der Waals surface area contributed by atoms with Crippen LogP contribution in [-0.2, 0) is 46.8 Å². The highest BCUT2D eigenvalue weighted by atomic mass is 35.5. The summed E-state index contributed by atoms with van der Waals surface area (Å²) in [7, 11) is 0. The van der Waals surface area contributed by atoms with E-state index in [-0.39, 0.29) is 38.3 Å². The molecule has 8 rings (SSSR count). The zero-order valence-electron chi connectivity index (χ0n) is 33.6. The fourth-order valence-corrected chi connectivity index (χ4v) is 8.06. The van der Waals surface area contributed by atoms with Crippen molar-refractivity contribution in [3.8, 4) is 28.4 Å². The molecule has 10 nitrogen and oxygen atoms in total. The molecule has 1 aromatic heterocycles. The Morgan fingerprint density at radius 3 is 2.33 bits per heavy atom. The van der Waals surface area contributed by atoms with Crippen LogP contribution in [0.1, 0.15) is 50.7 Å². The van der Waals surface area contributed by atoms with Crippen molar-refractivity contribution in [2.24, 2.45) is 0 Å². The van der Waals surface area contributed by atoms with E-state index < -0.39 is 30.1 Å². The predicted molar refractivity (Wildman–Crippen MR) is 233 cm³/mol. The number of carbonyl (C=O) groups excluding carboxylic acids is 2. The molecule has 0 fully saturated rings. The van der Waals surface area contributed by atoms with Gasteiger partial charge in [0.05, 0.1) is 16.5 Å². The Hall–Kier alpha value is -6.36. The summed E-state index contributed by atoms with van der Waals surface area (Å²) in [6.45, 7) is 4.68. The van der Waals surface area contributed by atoms with E-state index >= 15 is 0 Å². The van der Waals surface area contributed by atoms with Crippen LogP contribution in [0.2, 0.25) is 10.0 Å². The van der Waals surface area contributed by atoms with Gasteiger partial charge in [0.25, 0.3) is 0 Å². The van der Waals surface area contributed by atoms with E-state index in [2.05, 4.69) is 10.3 Å². The molecule has 0 aliphatic carbocycles. The molecule has 2 amide bonds. The smallest absolute Gasteiger partial charge is 0.326 e. The van der Waals surface area contributed by atoms with Crippen molar-refractivity contribution in [3.63, 3.8) is 0 Å². The molecule has 0 saturated carbocycles. The Balaban J connectivity index is 0.978. The molecular formula is C49H43Cl2N3O7. The maximum Gasteiger partial charge on any atom is 0.326 e. The maximum absolute atomic E-state index is 14.2. The summed E-state index contributed by atoms with van der Waals surface area (Å²) in [5.41, 5.74) is 9.01. The Bertz CT molecular complexity index is 2590. The molecule has 6 aromatic rings. The summed E-state index contributed by atoms with van der Waals surface area (Å²) >= 11 is 12.2. The largest absolute Gasteiger partial charge is 0.489 e. The third-order valence-corrected chi connectivity index (χ3v) is 12.0. The lowest BCUT2D eigenvalue weighted by molar-refractivity contribution is -0.145. The standard InChI is InChI=1S/C49H43Cl2N3O7/c1-29-30(2)52-19-18-39(29)34-11-8-32(9-12-34)21-42(49(57)58)53-48(56)43-23-36-24-44-45(25-37(36)26-54(43)47(55)22-31-6-4-3-5-7-31)61-46(28-60-44)35-13-15-38(16-14-35)59-27-33-10-17-40(50)41(51)20-33/h3-20,24-25,42-43,46H,21-23,26-28H2,1-2H3,(H,53,56)(H,57,58)/t42-,43-,46+/m0/s1. The number of rotatable bonds is 12. The van der Waals surface area contributed by atoms with E-state index in [1.165, 1.54) is 0 Å². The molecule has 0 spiro atoms.